The first kappa shape index (κ1) is 11.8. The van der Waals surface area contributed by atoms with Crippen molar-refractivity contribution in [1.29, 1.82) is 0 Å². The number of rotatable bonds is 1. The van der Waals surface area contributed by atoms with Crippen molar-refractivity contribution in [2.75, 3.05) is 0 Å². The van der Waals surface area contributed by atoms with Crippen LogP contribution in [0.15, 0.2) is 30.5 Å². The molecule has 4 heteroatoms. The quantitative estimate of drug-likeness (QED) is 0.784. The zero-order chi connectivity index (χ0) is 13.0. The average molecular weight is 245 g/mol. The molecular formula is C14H20BNO2. The van der Waals surface area contributed by atoms with Crippen LogP contribution in [0, 0.1) is 0 Å². The minimum absolute atomic E-state index is 0. The molecule has 2 heterocycles. The monoisotopic (exact) mass is 245 g/mol. The zero-order valence-electron chi connectivity index (χ0n) is 11.3. The number of para-hydroxylation sites is 1. The molecule has 1 aromatic carbocycles. The Hall–Kier alpha value is -1.26. The van der Waals surface area contributed by atoms with Gasteiger partial charge in [0.05, 0.1) is 11.2 Å². The van der Waals surface area contributed by atoms with E-state index in [1.54, 1.807) is 0 Å². The first-order chi connectivity index (χ1) is 8.41. The molecule has 0 radical (unpaired) electrons. The standard InChI is InChI=1S/C14H18BNO2.H2/c1-13(2)14(3,4)18-15(17-13)11-7-5-6-10-8-9-16-12(10)11;/h5-9,16H,1-4H3;1H. The molecule has 18 heavy (non-hydrogen) atoms. The first-order valence-corrected chi connectivity index (χ1v) is 6.32. The van der Waals surface area contributed by atoms with Gasteiger partial charge in [-0.15, -0.1) is 0 Å². The van der Waals surface area contributed by atoms with Crippen molar-refractivity contribution in [3.8, 4) is 0 Å². The van der Waals surface area contributed by atoms with Gasteiger partial charge in [-0.1, -0.05) is 18.2 Å². The number of hydrogen-bond donors (Lipinski definition) is 1. The molecule has 0 unspecified atom stereocenters. The Labute approximate surface area is 109 Å². The number of nitrogens with one attached hydrogen (secondary N) is 1. The maximum absolute atomic E-state index is 6.09. The highest BCUT2D eigenvalue weighted by Gasteiger charge is 2.52. The molecule has 1 saturated heterocycles. The van der Waals surface area contributed by atoms with Crippen LogP contribution in [-0.4, -0.2) is 23.3 Å². The van der Waals surface area contributed by atoms with Gasteiger partial charge < -0.3 is 14.3 Å². The topological polar surface area (TPSA) is 34.2 Å². The molecule has 3 rings (SSSR count). The molecule has 0 bridgehead atoms. The highest BCUT2D eigenvalue weighted by atomic mass is 16.7. The van der Waals surface area contributed by atoms with E-state index in [9.17, 15) is 0 Å². The van der Waals surface area contributed by atoms with Crippen molar-refractivity contribution < 1.29 is 10.7 Å². The first-order valence-electron chi connectivity index (χ1n) is 6.32. The Morgan fingerprint density at radius 3 is 2.39 bits per heavy atom. The molecule has 0 aliphatic carbocycles. The van der Waals surface area contributed by atoms with Crippen molar-refractivity contribution >= 4 is 23.5 Å². The van der Waals surface area contributed by atoms with Crippen LogP contribution in [0.5, 0.6) is 0 Å². The van der Waals surface area contributed by atoms with Crippen molar-refractivity contribution in [1.82, 2.24) is 4.98 Å². The van der Waals surface area contributed by atoms with E-state index in [0.29, 0.717) is 0 Å². The lowest BCUT2D eigenvalue weighted by Crippen LogP contribution is -2.41. The largest absolute Gasteiger partial charge is 0.497 e. The predicted molar refractivity (Wildman–Crippen MR) is 76.1 cm³/mol. The fraction of sp³-hybridized carbons (Fsp3) is 0.429. The van der Waals surface area contributed by atoms with E-state index in [1.165, 1.54) is 5.39 Å². The molecule has 1 N–H and O–H groups in total. The van der Waals surface area contributed by atoms with Gasteiger partial charge in [-0.05, 0) is 39.1 Å². The zero-order valence-corrected chi connectivity index (χ0v) is 11.3. The summed E-state index contributed by atoms with van der Waals surface area (Å²) in [4.78, 5) is 3.26. The number of hydrogen-bond acceptors (Lipinski definition) is 2. The molecule has 96 valence electrons. The summed E-state index contributed by atoms with van der Waals surface area (Å²) < 4.78 is 12.2. The van der Waals surface area contributed by atoms with E-state index in [1.807, 2.05) is 12.3 Å². The molecule has 1 aromatic heterocycles. The van der Waals surface area contributed by atoms with Gasteiger partial charge in [-0.25, -0.2) is 0 Å². The van der Waals surface area contributed by atoms with Crippen LogP contribution >= 0.6 is 0 Å². The molecule has 0 spiro atoms. The van der Waals surface area contributed by atoms with Gasteiger partial charge in [0, 0.05) is 18.6 Å². The van der Waals surface area contributed by atoms with Gasteiger partial charge in [-0.3, -0.25) is 0 Å². The number of benzene rings is 1. The van der Waals surface area contributed by atoms with E-state index in [2.05, 4.69) is 50.9 Å². The molecule has 1 aliphatic rings. The van der Waals surface area contributed by atoms with E-state index in [4.69, 9.17) is 9.31 Å². The van der Waals surface area contributed by atoms with Gasteiger partial charge in [0.25, 0.3) is 0 Å². The van der Waals surface area contributed by atoms with Gasteiger partial charge in [0.15, 0.2) is 0 Å². The summed E-state index contributed by atoms with van der Waals surface area (Å²) in [7, 11) is -0.308. The van der Waals surface area contributed by atoms with E-state index < -0.39 is 0 Å². The highest BCUT2D eigenvalue weighted by molar-refractivity contribution is 6.64. The second-order valence-corrected chi connectivity index (χ2v) is 5.88. The lowest BCUT2D eigenvalue weighted by atomic mass is 9.78. The van der Waals surface area contributed by atoms with Gasteiger partial charge in [0.1, 0.15) is 0 Å². The van der Waals surface area contributed by atoms with E-state index >= 15 is 0 Å². The van der Waals surface area contributed by atoms with Crippen molar-refractivity contribution in [2.45, 2.75) is 38.9 Å². The summed E-state index contributed by atoms with van der Waals surface area (Å²) in [5.41, 5.74) is 1.56. The molecule has 3 nitrogen and oxygen atoms in total. The number of H-pyrrole nitrogens is 1. The number of aromatic amines is 1. The Bertz CT molecular complexity index is 578. The van der Waals surface area contributed by atoms with Crippen molar-refractivity contribution in [3.05, 3.63) is 30.5 Å². The molecule has 2 aromatic rings. The average Bonchev–Trinajstić information content (AvgIpc) is 2.81. The predicted octanol–water partition coefficient (Wildman–Crippen LogP) is 2.71. The minimum atomic E-state index is -0.308. The Balaban J connectivity index is 0.00000133. The molecule has 0 atom stereocenters. The van der Waals surface area contributed by atoms with Crippen molar-refractivity contribution in [3.63, 3.8) is 0 Å². The summed E-state index contributed by atoms with van der Waals surface area (Å²) in [5, 5.41) is 1.18. The third kappa shape index (κ3) is 1.60. The maximum atomic E-state index is 6.09. The SMILES string of the molecule is CC1(C)OB(c2cccc3cc[nH]c23)OC1(C)C.[HH]. The fourth-order valence-electron chi connectivity index (χ4n) is 2.28. The lowest BCUT2D eigenvalue weighted by molar-refractivity contribution is 0.00578. The normalized spacial score (nSPS) is 21.7. The number of fused-ring (bicyclic) bond motifs is 1. The Morgan fingerprint density at radius 1 is 1.06 bits per heavy atom. The summed E-state index contributed by atoms with van der Waals surface area (Å²) in [6.07, 6.45) is 1.94. The van der Waals surface area contributed by atoms with Crippen LogP contribution in [0.1, 0.15) is 29.1 Å². The summed E-state index contributed by atoms with van der Waals surface area (Å²) in [5.74, 6) is 0. The van der Waals surface area contributed by atoms with Gasteiger partial charge in [-0.2, -0.15) is 0 Å². The van der Waals surface area contributed by atoms with Crippen molar-refractivity contribution in [2.24, 2.45) is 0 Å². The lowest BCUT2D eigenvalue weighted by Gasteiger charge is -2.32. The minimum Gasteiger partial charge on any atom is -0.399 e. The fourth-order valence-corrected chi connectivity index (χ4v) is 2.28. The Kier molecular flexibility index (Phi) is 2.38. The summed E-state index contributed by atoms with van der Waals surface area (Å²) in [6, 6.07) is 8.24. The molecule has 1 aliphatic heterocycles. The molecular weight excluding hydrogens is 225 g/mol. The molecule has 0 amide bonds. The maximum Gasteiger partial charge on any atom is 0.497 e. The second-order valence-electron chi connectivity index (χ2n) is 5.88. The number of aromatic nitrogens is 1. The Morgan fingerprint density at radius 2 is 1.72 bits per heavy atom. The van der Waals surface area contributed by atoms with Crippen LogP contribution in [0.3, 0.4) is 0 Å². The van der Waals surface area contributed by atoms with Crippen LogP contribution in [-0.2, 0) is 9.31 Å². The van der Waals surface area contributed by atoms with Gasteiger partial charge >= 0.3 is 7.12 Å². The van der Waals surface area contributed by atoms with E-state index in [-0.39, 0.29) is 19.7 Å². The summed E-state index contributed by atoms with van der Waals surface area (Å²) >= 11 is 0. The highest BCUT2D eigenvalue weighted by Crippen LogP contribution is 2.36. The van der Waals surface area contributed by atoms with Gasteiger partial charge in [0.2, 0.25) is 0 Å². The smallest absolute Gasteiger partial charge is 0.399 e. The molecule has 0 saturated carbocycles. The van der Waals surface area contributed by atoms with E-state index in [0.717, 1.165) is 11.0 Å². The van der Waals surface area contributed by atoms with Crippen LogP contribution in [0.4, 0.5) is 0 Å². The third-order valence-electron chi connectivity index (χ3n) is 4.13. The summed E-state index contributed by atoms with van der Waals surface area (Å²) in [6.45, 7) is 8.29. The molecule has 1 fully saturated rings. The van der Waals surface area contributed by atoms with Crippen LogP contribution in [0.2, 0.25) is 0 Å². The second kappa shape index (κ2) is 3.62. The third-order valence-corrected chi connectivity index (χ3v) is 4.13. The van der Waals surface area contributed by atoms with Crippen LogP contribution in [0.25, 0.3) is 10.9 Å². The van der Waals surface area contributed by atoms with Crippen LogP contribution < -0.4 is 5.46 Å².